The largest absolute Gasteiger partial charge is 0.418 e. The van der Waals surface area contributed by atoms with Gasteiger partial charge >= 0.3 is 6.18 Å². The number of hydrogen-bond acceptors (Lipinski definition) is 3. The predicted molar refractivity (Wildman–Crippen MR) is 63.0 cm³/mol. The molecule has 100 valence electrons. The molecule has 0 unspecified atom stereocenters. The Morgan fingerprint density at radius 2 is 2.11 bits per heavy atom. The Labute approximate surface area is 106 Å². The van der Waals surface area contributed by atoms with Crippen molar-refractivity contribution in [3.63, 3.8) is 0 Å². The lowest BCUT2D eigenvalue weighted by Gasteiger charge is -2.14. The van der Waals surface area contributed by atoms with Crippen molar-refractivity contribution in [2.75, 3.05) is 11.9 Å². The van der Waals surface area contributed by atoms with Crippen molar-refractivity contribution in [1.29, 1.82) is 0 Å². The van der Waals surface area contributed by atoms with Crippen LogP contribution in [-0.2, 0) is 6.18 Å². The van der Waals surface area contributed by atoms with Crippen LogP contribution in [0.4, 0.5) is 18.9 Å². The first kappa shape index (κ1) is 14.4. The van der Waals surface area contributed by atoms with E-state index in [1.165, 1.54) is 12.1 Å². The van der Waals surface area contributed by atoms with Gasteiger partial charge in [-0.3, -0.25) is 0 Å². The Kier molecular flexibility index (Phi) is 4.66. The molecule has 0 aliphatic rings. The summed E-state index contributed by atoms with van der Waals surface area (Å²) in [6.45, 7) is 0.112. The van der Waals surface area contributed by atoms with Crippen molar-refractivity contribution < 1.29 is 18.4 Å². The van der Waals surface area contributed by atoms with Crippen molar-refractivity contribution in [3.05, 3.63) is 28.8 Å². The van der Waals surface area contributed by atoms with Gasteiger partial charge in [-0.1, -0.05) is 16.8 Å². The minimum absolute atomic E-state index is 0.00399. The van der Waals surface area contributed by atoms with Crippen LogP contribution in [0.25, 0.3) is 0 Å². The van der Waals surface area contributed by atoms with E-state index in [1.54, 1.807) is 0 Å². The Hall–Kier alpha value is -1.63. The molecule has 0 spiro atoms. The van der Waals surface area contributed by atoms with Gasteiger partial charge in [-0.05, 0) is 18.2 Å². The summed E-state index contributed by atoms with van der Waals surface area (Å²) in [4.78, 5) is 0. The molecule has 0 saturated heterocycles. The van der Waals surface area contributed by atoms with Crippen molar-refractivity contribution in [2.45, 2.75) is 12.6 Å². The molecular formula is C10H11ClF3N3O. The monoisotopic (exact) mass is 281 g/mol. The normalized spacial score (nSPS) is 12.6. The van der Waals surface area contributed by atoms with Crippen LogP contribution in [0.15, 0.2) is 23.4 Å². The van der Waals surface area contributed by atoms with E-state index in [9.17, 15) is 13.2 Å². The van der Waals surface area contributed by atoms with Gasteiger partial charge in [0.1, 0.15) is 5.84 Å². The fourth-order valence-electron chi connectivity index (χ4n) is 1.28. The van der Waals surface area contributed by atoms with Crippen LogP contribution in [0.5, 0.6) is 0 Å². The lowest BCUT2D eigenvalue weighted by Crippen LogP contribution is -2.18. The molecule has 0 saturated carbocycles. The molecule has 1 aromatic carbocycles. The molecule has 0 aromatic heterocycles. The maximum absolute atomic E-state index is 12.7. The summed E-state index contributed by atoms with van der Waals surface area (Å²) in [7, 11) is 0. The number of amidine groups is 1. The summed E-state index contributed by atoms with van der Waals surface area (Å²) >= 11 is 5.53. The van der Waals surface area contributed by atoms with Gasteiger partial charge in [0.25, 0.3) is 0 Å². The molecule has 1 aromatic rings. The van der Waals surface area contributed by atoms with E-state index in [1.807, 2.05) is 0 Å². The van der Waals surface area contributed by atoms with E-state index < -0.39 is 11.7 Å². The highest BCUT2D eigenvalue weighted by Crippen LogP contribution is 2.36. The van der Waals surface area contributed by atoms with Gasteiger partial charge in [0.05, 0.1) is 5.56 Å². The number of alkyl halides is 3. The SMILES string of the molecule is N/C(CCNc1ccc(Cl)cc1C(F)(F)F)=N\O. The van der Waals surface area contributed by atoms with Crippen LogP contribution in [0.2, 0.25) is 5.02 Å². The minimum atomic E-state index is -4.50. The van der Waals surface area contributed by atoms with Gasteiger partial charge in [0.2, 0.25) is 0 Å². The Morgan fingerprint density at radius 3 is 2.67 bits per heavy atom. The average Bonchev–Trinajstić information content (AvgIpc) is 2.29. The summed E-state index contributed by atoms with van der Waals surface area (Å²) in [6.07, 6.45) is -4.37. The molecular weight excluding hydrogens is 271 g/mol. The second-order valence-electron chi connectivity index (χ2n) is 3.46. The van der Waals surface area contributed by atoms with Crippen LogP contribution in [0.1, 0.15) is 12.0 Å². The molecule has 4 N–H and O–H groups in total. The first-order chi connectivity index (χ1) is 8.34. The zero-order valence-corrected chi connectivity index (χ0v) is 9.89. The molecule has 0 aliphatic heterocycles. The van der Waals surface area contributed by atoms with E-state index in [4.69, 9.17) is 22.5 Å². The minimum Gasteiger partial charge on any atom is -0.409 e. The van der Waals surface area contributed by atoms with Crippen LogP contribution in [-0.4, -0.2) is 17.6 Å². The molecule has 0 radical (unpaired) electrons. The highest BCUT2D eigenvalue weighted by atomic mass is 35.5. The van der Waals surface area contributed by atoms with Crippen LogP contribution >= 0.6 is 11.6 Å². The molecule has 0 aliphatic carbocycles. The number of anilines is 1. The fraction of sp³-hybridized carbons (Fsp3) is 0.300. The molecule has 0 bridgehead atoms. The zero-order valence-electron chi connectivity index (χ0n) is 9.13. The van der Waals surface area contributed by atoms with E-state index in [0.717, 1.165) is 6.07 Å². The third kappa shape index (κ3) is 3.99. The average molecular weight is 282 g/mol. The lowest BCUT2D eigenvalue weighted by atomic mass is 10.1. The van der Waals surface area contributed by atoms with Crippen LogP contribution in [0, 0.1) is 0 Å². The summed E-state index contributed by atoms with van der Waals surface area (Å²) in [5.41, 5.74) is 4.25. The predicted octanol–water partition coefficient (Wildman–Crippen LogP) is 2.91. The Bertz CT molecular complexity index is 448. The quantitative estimate of drug-likeness (QED) is 0.344. The fourth-order valence-corrected chi connectivity index (χ4v) is 1.45. The molecule has 0 fully saturated rings. The summed E-state index contributed by atoms with van der Waals surface area (Å²) in [5, 5.41) is 13.6. The van der Waals surface area contributed by atoms with Crippen LogP contribution < -0.4 is 11.1 Å². The van der Waals surface area contributed by atoms with Gasteiger partial charge in [-0.15, -0.1) is 0 Å². The number of halogens is 4. The molecule has 0 amide bonds. The van der Waals surface area contributed by atoms with Crippen molar-refractivity contribution in [3.8, 4) is 0 Å². The van der Waals surface area contributed by atoms with Crippen molar-refractivity contribution >= 4 is 23.1 Å². The number of hydrogen-bond donors (Lipinski definition) is 3. The standard InChI is InChI=1S/C10H11ClF3N3O/c11-6-1-2-8(7(5-6)10(12,13)14)16-4-3-9(15)17-18/h1-2,5,16,18H,3-4H2,(H2,15,17). The number of nitrogens with zero attached hydrogens (tertiary/aromatic N) is 1. The zero-order chi connectivity index (χ0) is 13.8. The molecule has 0 heterocycles. The topological polar surface area (TPSA) is 70.6 Å². The smallest absolute Gasteiger partial charge is 0.409 e. The van der Waals surface area contributed by atoms with E-state index in [-0.39, 0.29) is 29.5 Å². The highest BCUT2D eigenvalue weighted by Gasteiger charge is 2.33. The first-order valence-electron chi connectivity index (χ1n) is 4.91. The third-order valence-electron chi connectivity index (χ3n) is 2.11. The highest BCUT2D eigenvalue weighted by molar-refractivity contribution is 6.30. The summed E-state index contributed by atoms with van der Waals surface area (Å²) in [6, 6.07) is 3.42. The van der Waals surface area contributed by atoms with Gasteiger partial charge in [-0.2, -0.15) is 13.2 Å². The number of nitrogens with one attached hydrogen (secondary N) is 1. The summed E-state index contributed by atoms with van der Waals surface area (Å²) < 4.78 is 38.1. The number of benzene rings is 1. The lowest BCUT2D eigenvalue weighted by molar-refractivity contribution is -0.136. The maximum atomic E-state index is 12.7. The van der Waals surface area contributed by atoms with Crippen molar-refractivity contribution in [1.82, 2.24) is 0 Å². The second-order valence-corrected chi connectivity index (χ2v) is 3.89. The van der Waals surface area contributed by atoms with E-state index in [2.05, 4.69) is 10.5 Å². The molecule has 18 heavy (non-hydrogen) atoms. The summed E-state index contributed by atoms with van der Waals surface area (Å²) in [5.74, 6) is -0.0648. The van der Waals surface area contributed by atoms with Gasteiger partial charge in [0.15, 0.2) is 0 Å². The molecule has 1 rings (SSSR count). The van der Waals surface area contributed by atoms with Gasteiger partial charge in [-0.25, -0.2) is 0 Å². The van der Waals surface area contributed by atoms with Crippen LogP contribution in [0.3, 0.4) is 0 Å². The van der Waals surface area contributed by atoms with Gasteiger partial charge < -0.3 is 16.3 Å². The van der Waals surface area contributed by atoms with Gasteiger partial charge in [0, 0.05) is 23.7 Å². The third-order valence-corrected chi connectivity index (χ3v) is 2.35. The number of oxime groups is 1. The molecule has 4 nitrogen and oxygen atoms in total. The first-order valence-corrected chi connectivity index (χ1v) is 5.29. The maximum Gasteiger partial charge on any atom is 0.418 e. The Balaban J connectivity index is 2.82. The molecule has 8 heteroatoms. The van der Waals surface area contributed by atoms with E-state index >= 15 is 0 Å². The van der Waals surface area contributed by atoms with E-state index in [0.29, 0.717) is 0 Å². The molecule has 0 atom stereocenters. The number of nitrogens with two attached hydrogens (primary N) is 1. The number of rotatable bonds is 4. The second kappa shape index (κ2) is 5.81. The Morgan fingerprint density at radius 1 is 1.44 bits per heavy atom. The van der Waals surface area contributed by atoms with Crippen molar-refractivity contribution in [2.24, 2.45) is 10.9 Å².